The van der Waals surface area contributed by atoms with Crippen LogP contribution in [0.15, 0.2) is 0 Å². The average Bonchev–Trinajstić information content (AvgIpc) is 2.39. The first-order chi connectivity index (χ1) is 8.91. The average molecular weight is 293 g/mol. The van der Waals surface area contributed by atoms with E-state index >= 15 is 0 Å². The molecule has 0 aromatic rings. The molecule has 0 rings (SSSR count). The van der Waals surface area contributed by atoms with Gasteiger partial charge in [-0.3, -0.25) is 0 Å². The van der Waals surface area contributed by atoms with Gasteiger partial charge >= 0.3 is 51.4 Å². The summed E-state index contributed by atoms with van der Waals surface area (Å²) in [6.07, 6.45) is 22.8. The smallest absolute Gasteiger partial charge is 0.343 e. The quantitative estimate of drug-likeness (QED) is 0.242. The van der Waals surface area contributed by atoms with Crippen molar-refractivity contribution in [2.45, 2.75) is 110 Å². The number of hydrogen-bond acceptors (Lipinski definition) is 0. The molecule has 0 fully saturated rings. The van der Waals surface area contributed by atoms with Crippen molar-refractivity contribution in [2.24, 2.45) is 0 Å². The van der Waals surface area contributed by atoms with E-state index in [1.807, 2.05) is 0 Å². The normalized spacial score (nSPS) is 10.4. The van der Waals surface area contributed by atoms with Crippen LogP contribution in [-0.2, 0) is 0 Å². The monoisotopic (exact) mass is 292 g/mol. The van der Waals surface area contributed by atoms with Gasteiger partial charge in [-0.2, -0.15) is 6.42 Å². The molecule has 0 heterocycles. The maximum atomic E-state index is 3.88. The number of hydrogen-bond donors (Lipinski definition) is 0. The topological polar surface area (TPSA) is 0 Å². The van der Waals surface area contributed by atoms with Crippen LogP contribution in [0.1, 0.15) is 110 Å². The van der Waals surface area contributed by atoms with Crippen LogP contribution in [0.5, 0.6) is 0 Å². The Morgan fingerprint density at radius 3 is 1.00 bits per heavy atom. The minimum atomic E-state index is 0. The zero-order valence-corrected chi connectivity index (χ0v) is 17.1. The molecule has 0 saturated carbocycles. The van der Waals surface area contributed by atoms with Crippen molar-refractivity contribution in [2.75, 3.05) is 0 Å². The molecule has 110 valence electrons. The van der Waals surface area contributed by atoms with Crippen molar-refractivity contribution in [1.29, 1.82) is 0 Å². The molecular weight excluding hydrogens is 255 g/mol. The van der Waals surface area contributed by atoms with Gasteiger partial charge in [0.25, 0.3) is 0 Å². The molecular formula is C18H37K. The van der Waals surface area contributed by atoms with Gasteiger partial charge in [0.05, 0.1) is 0 Å². The van der Waals surface area contributed by atoms with Gasteiger partial charge in [-0.15, -0.1) is 0 Å². The van der Waals surface area contributed by atoms with E-state index < -0.39 is 0 Å². The molecule has 0 atom stereocenters. The van der Waals surface area contributed by atoms with Crippen LogP contribution in [0.25, 0.3) is 0 Å². The van der Waals surface area contributed by atoms with E-state index in [4.69, 9.17) is 0 Å². The van der Waals surface area contributed by atoms with Gasteiger partial charge in [-0.25, -0.2) is 0 Å². The molecule has 0 unspecified atom stereocenters. The molecule has 0 aromatic carbocycles. The van der Waals surface area contributed by atoms with Crippen molar-refractivity contribution < 1.29 is 51.4 Å². The van der Waals surface area contributed by atoms with Crippen molar-refractivity contribution in [1.82, 2.24) is 0 Å². The Morgan fingerprint density at radius 2 is 0.737 bits per heavy atom. The van der Waals surface area contributed by atoms with E-state index in [9.17, 15) is 0 Å². The van der Waals surface area contributed by atoms with E-state index in [2.05, 4.69) is 13.8 Å². The Hall–Kier alpha value is 1.64. The van der Waals surface area contributed by atoms with Crippen LogP contribution in [0.4, 0.5) is 0 Å². The standard InChI is InChI=1S/C18H37.K/c1-3-5-7-9-11-13-15-17-18-16-14-12-10-8-6-4-2;/h1,3-18H2,2H3;/q-1;+1. The second-order valence-electron chi connectivity index (χ2n) is 5.80. The molecule has 0 radical (unpaired) electrons. The van der Waals surface area contributed by atoms with Crippen LogP contribution in [0.2, 0.25) is 0 Å². The van der Waals surface area contributed by atoms with Crippen LogP contribution in [-0.4, -0.2) is 0 Å². The maximum Gasteiger partial charge on any atom is 1.00 e. The van der Waals surface area contributed by atoms with E-state index in [0.717, 1.165) is 6.42 Å². The summed E-state index contributed by atoms with van der Waals surface area (Å²) in [6, 6.07) is 0. The summed E-state index contributed by atoms with van der Waals surface area (Å²) >= 11 is 0. The Kier molecular flexibility index (Phi) is 26.4. The molecule has 0 spiro atoms. The van der Waals surface area contributed by atoms with E-state index in [0.29, 0.717) is 0 Å². The van der Waals surface area contributed by atoms with E-state index in [-0.39, 0.29) is 51.4 Å². The number of rotatable bonds is 15. The third-order valence-corrected chi connectivity index (χ3v) is 3.85. The molecule has 19 heavy (non-hydrogen) atoms. The zero-order valence-electron chi connectivity index (χ0n) is 14.0. The van der Waals surface area contributed by atoms with Crippen LogP contribution >= 0.6 is 0 Å². The summed E-state index contributed by atoms with van der Waals surface area (Å²) < 4.78 is 0. The summed E-state index contributed by atoms with van der Waals surface area (Å²) in [5.41, 5.74) is 0. The van der Waals surface area contributed by atoms with Crippen molar-refractivity contribution in [3.63, 3.8) is 0 Å². The van der Waals surface area contributed by atoms with Gasteiger partial charge in [-0.05, 0) is 0 Å². The van der Waals surface area contributed by atoms with Gasteiger partial charge < -0.3 is 6.92 Å². The summed E-state index contributed by atoms with van der Waals surface area (Å²) in [6.45, 7) is 6.18. The summed E-state index contributed by atoms with van der Waals surface area (Å²) in [4.78, 5) is 0. The fourth-order valence-corrected chi connectivity index (χ4v) is 2.55. The predicted molar refractivity (Wildman–Crippen MR) is 84.9 cm³/mol. The summed E-state index contributed by atoms with van der Waals surface area (Å²) in [5.74, 6) is 0. The molecule has 0 aliphatic rings. The first kappa shape index (κ1) is 22.9. The molecule has 1 heteroatoms. The van der Waals surface area contributed by atoms with Gasteiger partial charge in [0.2, 0.25) is 0 Å². The molecule has 0 aromatic heterocycles. The molecule has 0 aliphatic heterocycles. The van der Waals surface area contributed by atoms with Gasteiger partial charge in [-0.1, -0.05) is 103 Å². The van der Waals surface area contributed by atoms with Crippen LogP contribution < -0.4 is 51.4 Å². The fraction of sp³-hybridized carbons (Fsp3) is 0.944. The first-order valence-electron chi connectivity index (χ1n) is 8.71. The van der Waals surface area contributed by atoms with Crippen LogP contribution in [0, 0.1) is 6.92 Å². The molecule has 0 bridgehead atoms. The Morgan fingerprint density at radius 1 is 0.474 bits per heavy atom. The largest absolute Gasteiger partial charge is 1.00 e. The minimum Gasteiger partial charge on any atom is -0.343 e. The fourth-order valence-electron chi connectivity index (χ4n) is 2.55. The zero-order chi connectivity index (χ0) is 13.3. The Bertz CT molecular complexity index is 118. The predicted octanol–water partition coefficient (Wildman–Crippen LogP) is 4.09. The molecule has 0 aliphatic carbocycles. The van der Waals surface area contributed by atoms with Crippen molar-refractivity contribution in [3.05, 3.63) is 6.92 Å². The molecule has 0 saturated heterocycles. The van der Waals surface area contributed by atoms with Gasteiger partial charge in [0.1, 0.15) is 0 Å². The minimum absolute atomic E-state index is 0. The second-order valence-corrected chi connectivity index (χ2v) is 5.80. The van der Waals surface area contributed by atoms with Gasteiger partial charge in [0.15, 0.2) is 0 Å². The third kappa shape index (κ3) is 22.1. The van der Waals surface area contributed by atoms with Crippen molar-refractivity contribution >= 4 is 0 Å². The van der Waals surface area contributed by atoms with Crippen LogP contribution in [0.3, 0.4) is 0 Å². The summed E-state index contributed by atoms with van der Waals surface area (Å²) in [5, 5.41) is 0. The molecule has 0 nitrogen and oxygen atoms in total. The second kappa shape index (κ2) is 21.9. The first-order valence-corrected chi connectivity index (χ1v) is 8.71. The Labute approximate surface area is 166 Å². The third-order valence-electron chi connectivity index (χ3n) is 3.85. The van der Waals surface area contributed by atoms with Crippen molar-refractivity contribution in [3.8, 4) is 0 Å². The van der Waals surface area contributed by atoms with E-state index in [1.54, 1.807) is 0 Å². The maximum absolute atomic E-state index is 3.88. The number of unbranched alkanes of at least 4 members (excludes halogenated alkanes) is 15. The molecule has 0 amide bonds. The van der Waals surface area contributed by atoms with Gasteiger partial charge in [0, 0.05) is 0 Å². The Balaban J connectivity index is 0. The SMILES string of the molecule is [CH2-]CCCCCCCCCCCCCCCCC.[K+]. The molecule has 0 N–H and O–H groups in total. The van der Waals surface area contributed by atoms with E-state index in [1.165, 1.54) is 96.3 Å². The summed E-state index contributed by atoms with van der Waals surface area (Å²) in [7, 11) is 0.